The third kappa shape index (κ3) is 3.38. The van der Waals surface area contributed by atoms with E-state index in [1.165, 1.54) is 11.8 Å². The molecule has 0 spiro atoms. The van der Waals surface area contributed by atoms with Gasteiger partial charge in [-0.3, -0.25) is 0 Å². The molecule has 2 aromatic carbocycles. The Labute approximate surface area is 140 Å². The molecule has 0 atom stereocenters. The van der Waals surface area contributed by atoms with Gasteiger partial charge in [0.05, 0.1) is 11.6 Å². The fourth-order valence-electron chi connectivity index (χ4n) is 1.87. The van der Waals surface area contributed by atoms with E-state index in [1.54, 1.807) is 6.07 Å². The van der Waals surface area contributed by atoms with E-state index in [0.717, 1.165) is 15.6 Å². The van der Waals surface area contributed by atoms with Gasteiger partial charge in [-0.1, -0.05) is 45.9 Å². The summed E-state index contributed by atoms with van der Waals surface area (Å²) in [6.07, 6.45) is 0. The lowest BCUT2D eigenvalue weighted by molar-refractivity contribution is 0.466. The maximum atomic E-state index is 9.08. The van der Waals surface area contributed by atoms with Crippen LogP contribution in [0.3, 0.4) is 0 Å². The first kappa shape index (κ1) is 14.8. The molecular weight excluding hydrogens is 362 g/mol. The molecule has 0 amide bonds. The third-order valence-electron chi connectivity index (χ3n) is 2.99. The summed E-state index contributed by atoms with van der Waals surface area (Å²) < 4.78 is 6.65. The quantitative estimate of drug-likeness (QED) is 0.623. The van der Waals surface area contributed by atoms with E-state index in [0.29, 0.717) is 22.4 Å². The average molecular weight is 372 g/mol. The van der Waals surface area contributed by atoms with Crippen molar-refractivity contribution in [1.82, 2.24) is 10.2 Å². The summed E-state index contributed by atoms with van der Waals surface area (Å²) in [7, 11) is 0. The Morgan fingerprint density at radius 1 is 1.09 bits per heavy atom. The number of hydrogen-bond donors (Lipinski definition) is 0. The minimum Gasteiger partial charge on any atom is -0.411 e. The van der Waals surface area contributed by atoms with Crippen LogP contribution < -0.4 is 0 Å². The standard InChI is InChI=1S/C16H10BrN3OS/c17-14-7-5-11(6-8-14)15-19-20-16(21-15)22-10-13-4-2-1-3-12(13)9-18/h1-8H,10H2. The van der Waals surface area contributed by atoms with Gasteiger partial charge >= 0.3 is 0 Å². The number of nitriles is 1. The lowest BCUT2D eigenvalue weighted by Crippen LogP contribution is -1.86. The fourth-order valence-corrected chi connectivity index (χ4v) is 2.90. The molecule has 0 aliphatic heterocycles. The minimum atomic E-state index is 0.489. The lowest BCUT2D eigenvalue weighted by Gasteiger charge is -2.00. The number of thioether (sulfide) groups is 1. The molecular formula is C16H10BrN3OS. The minimum absolute atomic E-state index is 0.489. The van der Waals surface area contributed by atoms with Gasteiger partial charge < -0.3 is 4.42 Å². The van der Waals surface area contributed by atoms with Crippen LogP contribution in [0.4, 0.5) is 0 Å². The van der Waals surface area contributed by atoms with Gasteiger partial charge in [0.15, 0.2) is 0 Å². The van der Waals surface area contributed by atoms with Crippen LogP contribution in [-0.2, 0) is 5.75 Å². The Hall–Kier alpha value is -2.10. The summed E-state index contributed by atoms with van der Waals surface area (Å²) >= 11 is 4.81. The van der Waals surface area contributed by atoms with Gasteiger partial charge in [0.25, 0.3) is 5.22 Å². The normalized spacial score (nSPS) is 10.4. The predicted octanol–water partition coefficient (Wildman–Crippen LogP) is 4.66. The summed E-state index contributed by atoms with van der Waals surface area (Å²) in [5.74, 6) is 1.11. The number of nitrogens with zero attached hydrogens (tertiary/aromatic N) is 3. The van der Waals surface area contributed by atoms with Crippen molar-refractivity contribution < 1.29 is 4.42 Å². The molecule has 6 heteroatoms. The van der Waals surface area contributed by atoms with E-state index >= 15 is 0 Å². The largest absolute Gasteiger partial charge is 0.411 e. The molecule has 108 valence electrons. The molecule has 0 saturated heterocycles. The van der Waals surface area contributed by atoms with Crippen LogP contribution in [0.2, 0.25) is 0 Å². The van der Waals surface area contributed by atoms with Gasteiger partial charge in [-0.2, -0.15) is 5.26 Å². The van der Waals surface area contributed by atoms with Crippen LogP contribution in [0.1, 0.15) is 11.1 Å². The van der Waals surface area contributed by atoms with E-state index < -0.39 is 0 Å². The van der Waals surface area contributed by atoms with Crippen LogP contribution in [0.5, 0.6) is 0 Å². The van der Waals surface area contributed by atoms with Crippen molar-refractivity contribution in [3.05, 3.63) is 64.1 Å². The Balaban J connectivity index is 1.72. The number of rotatable bonds is 4. The average Bonchev–Trinajstić information content (AvgIpc) is 3.03. The van der Waals surface area contributed by atoms with Gasteiger partial charge in [0.2, 0.25) is 5.89 Å². The smallest absolute Gasteiger partial charge is 0.277 e. The molecule has 1 aromatic heterocycles. The van der Waals surface area contributed by atoms with Crippen molar-refractivity contribution in [2.75, 3.05) is 0 Å². The molecule has 3 rings (SSSR count). The van der Waals surface area contributed by atoms with Crippen LogP contribution in [0, 0.1) is 11.3 Å². The highest BCUT2D eigenvalue weighted by Crippen LogP contribution is 2.27. The van der Waals surface area contributed by atoms with E-state index in [-0.39, 0.29) is 0 Å². The van der Waals surface area contributed by atoms with Crippen molar-refractivity contribution in [2.45, 2.75) is 11.0 Å². The Kier molecular flexibility index (Phi) is 4.56. The van der Waals surface area contributed by atoms with E-state index in [2.05, 4.69) is 32.2 Å². The molecule has 0 bridgehead atoms. The van der Waals surface area contributed by atoms with Crippen molar-refractivity contribution in [3.8, 4) is 17.5 Å². The van der Waals surface area contributed by atoms with Crippen molar-refractivity contribution in [2.24, 2.45) is 0 Å². The van der Waals surface area contributed by atoms with Crippen LogP contribution >= 0.6 is 27.7 Å². The summed E-state index contributed by atoms with van der Waals surface area (Å²) in [5.41, 5.74) is 2.50. The first-order valence-electron chi connectivity index (χ1n) is 6.46. The molecule has 1 heterocycles. The van der Waals surface area contributed by atoms with Crippen molar-refractivity contribution in [1.29, 1.82) is 5.26 Å². The molecule has 3 aromatic rings. The van der Waals surface area contributed by atoms with E-state index in [4.69, 9.17) is 9.68 Å². The highest BCUT2D eigenvalue weighted by Gasteiger charge is 2.10. The zero-order chi connectivity index (χ0) is 15.4. The maximum Gasteiger partial charge on any atom is 0.277 e. The van der Waals surface area contributed by atoms with Gasteiger partial charge in [0.1, 0.15) is 0 Å². The SMILES string of the molecule is N#Cc1ccccc1CSc1nnc(-c2ccc(Br)cc2)o1. The van der Waals surface area contributed by atoms with Gasteiger partial charge in [-0.15, -0.1) is 10.2 Å². The molecule has 0 unspecified atom stereocenters. The Morgan fingerprint density at radius 2 is 1.86 bits per heavy atom. The molecule has 0 aliphatic rings. The first-order valence-corrected chi connectivity index (χ1v) is 8.24. The van der Waals surface area contributed by atoms with Crippen molar-refractivity contribution in [3.63, 3.8) is 0 Å². The monoisotopic (exact) mass is 371 g/mol. The predicted molar refractivity (Wildman–Crippen MR) is 88.2 cm³/mol. The summed E-state index contributed by atoms with van der Waals surface area (Å²) in [6.45, 7) is 0. The van der Waals surface area contributed by atoms with E-state index in [9.17, 15) is 0 Å². The Morgan fingerprint density at radius 3 is 2.64 bits per heavy atom. The zero-order valence-electron chi connectivity index (χ0n) is 11.4. The van der Waals surface area contributed by atoms with Crippen molar-refractivity contribution >= 4 is 27.7 Å². The zero-order valence-corrected chi connectivity index (χ0v) is 13.8. The van der Waals surface area contributed by atoms with Crippen LogP contribution in [-0.4, -0.2) is 10.2 Å². The summed E-state index contributed by atoms with van der Waals surface area (Å²) in [5, 5.41) is 17.7. The summed E-state index contributed by atoms with van der Waals surface area (Å²) in [4.78, 5) is 0. The second-order valence-electron chi connectivity index (χ2n) is 4.44. The molecule has 22 heavy (non-hydrogen) atoms. The molecule has 0 aliphatic carbocycles. The Bertz CT molecular complexity index is 824. The van der Waals surface area contributed by atoms with Gasteiger partial charge in [0, 0.05) is 15.8 Å². The summed E-state index contributed by atoms with van der Waals surface area (Å²) in [6, 6.07) is 17.4. The first-order chi connectivity index (χ1) is 10.8. The second-order valence-corrected chi connectivity index (χ2v) is 6.28. The molecule has 0 N–H and O–H groups in total. The highest BCUT2D eigenvalue weighted by molar-refractivity contribution is 9.10. The van der Waals surface area contributed by atoms with E-state index in [1.807, 2.05) is 42.5 Å². The fraction of sp³-hybridized carbons (Fsp3) is 0.0625. The molecule has 0 fully saturated rings. The lowest BCUT2D eigenvalue weighted by atomic mass is 10.1. The third-order valence-corrected chi connectivity index (χ3v) is 4.38. The number of hydrogen-bond acceptors (Lipinski definition) is 5. The van der Waals surface area contributed by atoms with Crippen LogP contribution in [0.25, 0.3) is 11.5 Å². The van der Waals surface area contributed by atoms with Gasteiger partial charge in [-0.25, -0.2) is 0 Å². The molecule has 0 radical (unpaired) electrons. The number of halogens is 1. The number of aromatic nitrogens is 2. The molecule has 4 nitrogen and oxygen atoms in total. The molecule has 0 saturated carbocycles. The topological polar surface area (TPSA) is 62.7 Å². The highest BCUT2D eigenvalue weighted by atomic mass is 79.9. The second kappa shape index (κ2) is 6.77. The van der Waals surface area contributed by atoms with Gasteiger partial charge in [-0.05, 0) is 35.9 Å². The number of benzene rings is 2. The maximum absolute atomic E-state index is 9.08. The van der Waals surface area contributed by atoms with Crippen LogP contribution in [0.15, 0.2) is 62.6 Å².